The Kier molecular flexibility index (Phi) is 6.09. The SMILES string of the molecule is COc1ccc(-c2c3c4n(c(-c5ccccc5)cn4c2C(=S)Nc2cccc(C)c2C)CCCC3)cc1. The number of hydrogen-bond acceptors (Lipinski definition) is 2. The van der Waals surface area contributed by atoms with Crippen LogP contribution in [0.1, 0.15) is 35.2 Å². The van der Waals surface area contributed by atoms with Crippen molar-refractivity contribution in [3.05, 3.63) is 101 Å². The molecule has 4 nitrogen and oxygen atoms in total. The summed E-state index contributed by atoms with van der Waals surface area (Å²) in [7, 11) is 1.71. The van der Waals surface area contributed by atoms with Crippen molar-refractivity contribution in [1.29, 1.82) is 0 Å². The molecule has 0 saturated carbocycles. The number of benzene rings is 3. The van der Waals surface area contributed by atoms with E-state index in [1.165, 1.54) is 39.2 Å². The van der Waals surface area contributed by atoms with Gasteiger partial charge in [-0.3, -0.25) is 4.40 Å². The van der Waals surface area contributed by atoms with E-state index in [0.29, 0.717) is 0 Å². The summed E-state index contributed by atoms with van der Waals surface area (Å²) in [5.74, 6) is 0.854. The molecule has 0 saturated heterocycles. The molecule has 0 unspecified atom stereocenters. The van der Waals surface area contributed by atoms with Gasteiger partial charge in [-0.1, -0.05) is 66.8 Å². The Morgan fingerprint density at radius 1 is 0.892 bits per heavy atom. The molecular weight excluding hydrogens is 474 g/mol. The van der Waals surface area contributed by atoms with Crippen LogP contribution in [0.25, 0.3) is 28.0 Å². The van der Waals surface area contributed by atoms with Gasteiger partial charge in [0.05, 0.1) is 18.5 Å². The van der Waals surface area contributed by atoms with Gasteiger partial charge in [-0.25, -0.2) is 0 Å². The monoisotopic (exact) mass is 505 g/mol. The highest BCUT2D eigenvalue weighted by Crippen LogP contribution is 2.40. The maximum Gasteiger partial charge on any atom is 0.128 e. The molecule has 6 rings (SSSR count). The molecule has 0 radical (unpaired) electrons. The second kappa shape index (κ2) is 9.56. The van der Waals surface area contributed by atoms with Crippen molar-refractivity contribution in [2.75, 3.05) is 12.4 Å². The number of methoxy groups -OCH3 is 1. The van der Waals surface area contributed by atoms with Gasteiger partial charge in [0.1, 0.15) is 16.4 Å². The maximum absolute atomic E-state index is 6.19. The second-order valence-electron chi connectivity index (χ2n) is 9.81. The van der Waals surface area contributed by atoms with Crippen LogP contribution >= 0.6 is 12.2 Å². The van der Waals surface area contributed by atoms with E-state index in [4.69, 9.17) is 17.0 Å². The Bertz CT molecular complexity index is 1610. The van der Waals surface area contributed by atoms with Crippen LogP contribution in [-0.2, 0) is 13.0 Å². The Morgan fingerprint density at radius 2 is 1.68 bits per heavy atom. The Morgan fingerprint density at radius 3 is 2.43 bits per heavy atom. The Labute approximate surface area is 223 Å². The van der Waals surface area contributed by atoms with Gasteiger partial charge in [-0.2, -0.15) is 0 Å². The van der Waals surface area contributed by atoms with Crippen LogP contribution in [0.5, 0.6) is 5.75 Å². The van der Waals surface area contributed by atoms with Crippen LogP contribution in [-0.4, -0.2) is 21.1 Å². The lowest BCUT2D eigenvalue weighted by molar-refractivity contribution is 0.415. The van der Waals surface area contributed by atoms with E-state index in [0.717, 1.165) is 53.5 Å². The van der Waals surface area contributed by atoms with E-state index in [2.05, 4.69) is 95.0 Å². The highest BCUT2D eigenvalue weighted by Gasteiger charge is 2.28. The van der Waals surface area contributed by atoms with Gasteiger partial charge in [-0.15, -0.1) is 0 Å². The van der Waals surface area contributed by atoms with Gasteiger partial charge in [0.2, 0.25) is 0 Å². The Balaban J connectivity index is 1.61. The van der Waals surface area contributed by atoms with Gasteiger partial charge < -0.3 is 14.6 Å². The van der Waals surface area contributed by atoms with Crippen LogP contribution in [0.15, 0.2) is 79.0 Å². The summed E-state index contributed by atoms with van der Waals surface area (Å²) in [5, 5.41) is 3.61. The van der Waals surface area contributed by atoms with Crippen molar-refractivity contribution < 1.29 is 4.74 Å². The summed E-state index contributed by atoms with van der Waals surface area (Å²) >= 11 is 6.19. The van der Waals surface area contributed by atoms with E-state index < -0.39 is 0 Å². The van der Waals surface area contributed by atoms with Gasteiger partial charge in [0.25, 0.3) is 0 Å². The molecule has 1 N–H and O–H groups in total. The third-order valence-corrected chi connectivity index (χ3v) is 7.95. The van der Waals surface area contributed by atoms with E-state index in [1.807, 2.05) is 12.1 Å². The van der Waals surface area contributed by atoms with E-state index in [-0.39, 0.29) is 0 Å². The molecule has 0 spiro atoms. The first kappa shape index (κ1) is 23.6. The van der Waals surface area contributed by atoms with Crippen LogP contribution in [0.4, 0.5) is 5.69 Å². The molecule has 5 aromatic rings. The highest BCUT2D eigenvalue weighted by molar-refractivity contribution is 7.81. The summed E-state index contributed by atoms with van der Waals surface area (Å²) in [6.45, 7) is 5.28. The summed E-state index contributed by atoms with van der Waals surface area (Å²) in [5.41, 5.74) is 12.0. The zero-order valence-electron chi connectivity index (χ0n) is 21.5. The number of hydrogen-bond donors (Lipinski definition) is 1. The summed E-state index contributed by atoms with van der Waals surface area (Å²) in [6.07, 6.45) is 5.60. The van der Waals surface area contributed by atoms with Crippen LogP contribution in [0.2, 0.25) is 0 Å². The first-order chi connectivity index (χ1) is 18.1. The van der Waals surface area contributed by atoms with Crippen molar-refractivity contribution >= 4 is 28.5 Å². The number of rotatable bonds is 5. The van der Waals surface area contributed by atoms with Crippen LogP contribution < -0.4 is 10.1 Å². The molecule has 37 heavy (non-hydrogen) atoms. The van der Waals surface area contributed by atoms with Crippen molar-refractivity contribution in [2.24, 2.45) is 0 Å². The van der Waals surface area contributed by atoms with Crippen LogP contribution in [0, 0.1) is 13.8 Å². The lowest BCUT2D eigenvalue weighted by Gasteiger charge is -2.15. The van der Waals surface area contributed by atoms with E-state index in [1.54, 1.807) is 7.11 Å². The zero-order chi connectivity index (χ0) is 25.5. The lowest BCUT2D eigenvalue weighted by Crippen LogP contribution is -2.15. The second-order valence-corrected chi connectivity index (χ2v) is 10.2. The highest BCUT2D eigenvalue weighted by atomic mass is 32.1. The van der Waals surface area contributed by atoms with E-state index >= 15 is 0 Å². The zero-order valence-corrected chi connectivity index (χ0v) is 22.4. The molecule has 3 heterocycles. The number of aromatic nitrogens is 2. The largest absolute Gasteiger partial charge is 0.497 e. The molecule has 0 atom stereocenters. The number of ether oxygens (including phenoxy) is 1. The molecule has 1 aliphatic heterocycles. The molecule has 3 aromatic carbocycles. The Hall–Kier alpha value is -3.83. The topological polar surface area (TPSA) is 30.6 Å². The number of imidazole rings is 1. The summed E-state index contributed by atoms with van der Waals surface area (Å²) < 4.78 is 10.3. The smallest absolute Gasteiger partial charge is 0.128 e. The number of thiocarbonyl (C=S) groups is 1. The predicted octanol–water partition coefficient (Wildman–Crippen LogP) is 7.82. The fourth-order valence-electron chi connectivity index (χ4n) is 5.58. The van der Waals surface area contributed by atoms with Gasteiger partial charge in [0.15, 0.2) is 0 Å². The molecule has 5 heteroatoms. The van der Waals surface area contributed by atoms with Crippen molar-refractivity contribution in [2.45, 2.75) is 39.7 Å². The van der Waals surface area contributed by atoms with Gasteiger partial charge in [0, 0.05) is 29.6 Å². The van der Waals surface area contributed by atoms with Crippen molar-refractivity contribution in [3.63, 3.8) is 0 Å². The molecule has 0 bridgehead atoms. The maximum atomic E-state index is 6.19. The number of nitrogens with zero attached hydrogens (tertiary/aromatic N) is 2. The number of aryl methyl sites for hydroxylation is 3. The van der Waals surface area contributed by atoms with Crippen molar-refractivity contribution in [1.82, 2.24) is 8.97 Å². The first-order valence-corrected chi connectivity index (χ1v) is 13.3. The molecule has 2 aromatic heterocycles. The molecular formula is C32H31N3OS. The van der Waals surface area contributed by atoms with E-state index in [9.17, 15) is 0 Å². The molecule has 186 valence electrons. The third-order valence-electron chi connectivity index (χ3n) is 7.65. The molecule has 1 aliphatic rings. The van der Waals surface area contributed by atoms with Gasteiger partial charge >= 0.3 is 0 Å². The molecule has 0 fully saturated rings. The quantitative estimate of drug-likeness (QED) is 0.247. The number of nitrogens with one attached hydrogen (secondary N) is 1. The average molecular weight is 506 g/mol. The van der Waals surface area contributed by atoms with Gasteiger partial charge in [-0.05, 0) is 73.6 Å². The first-order valence-electron chi connectivity index (χ1n) is 12.9. The normalized spacial score (nSPS) is 12.9. The van der Waals surface area contributed by atoms with Crippen molar-refractivity contribution in [3.8, 4) is 28.1 Å². The fraction of sp³-hybridized carbons (Fsp3) is 0.219. The minimum Gasteiger partial charge on any atom is -0.497 e. The summed E-state index contributed by atoms with van der Waals surface area (Å²) in [6, 6.07) is 25.4. The predicted molar refractivity (Wildman–Crippen MR) is 157 cm³/mol. The number of anilines is 1. The minimum absolute atomic E-state index is 0.734. The molecule has 0 aliphatic carbocycles. The fourth-order valence-corrected chi connectivity index (χ4v) is 5.90. The standard InChI is InChI=1S/C32H31N3OS/c1-21-10-9-14-27(22(21)2)33-31(37)30-29(24-15-17-25(36-3)18-16-24)26-13-7-8-19-34-28(20-35(30)32(26)34)23-11-5-4-6-12-23/h4-6,9-12,14-18,20H,7-8,13,19H2,1-3H3,(H,33,37). The average Bonchev–Trinajstić information content (AvgIpc) is 3.35. The molecule has 0 amide bonds. The minimum atomic E-state index is 0.734. The third kappa shape index (κ3) is 4.04. The van der Waals surface area contributed by atoms with Crippen LogP contribution in [0.3, 0.4) is 0 Å². The summed E-state index contributed by atoms with van der Waals surface area (Å²) in [4.78, 5) is 0.734. The lowest BCUT2D eigenvalue weighted by atomic mass is 9.97.